The average molecular weight is 625 g/mol. The highest BCUT2D eigenvalue weighted by atomic mass is 32.2. The molecule has 15 heteroatoms. The minimum Gasteiger partial charge on any atom is -0.448 e. The van der Waals surface area contributed by atoms with E-state index in [9.17, 15) is 32.3 Å². The number of aromatic nitrogens is 3. The van der Waals surface area contributed by atoms with E-state index in [0.29, 0.717) is 29.0 Å². The number of hydrogen-bond acceptors (Lipinski definition) is 9. The molecule has 43 heavy (non-hydrogen) atoms. The predicted molar refractivity (Wildman–Crippen MR) is 151 cm³/mol. The first-order chi connectivity index (χ1) is 20.4. The molecule has 0 bridgehead atoms. The van der Waals surface area contributed by atoms with Crippen molar-refractivity contribution in [2.45, 2.75) is 39.5 Å². The highest BCUT2D eigenvalue weighted by Gasteiger charge is 2.25. The maximum atomic E-state index is 13.7. The Bertz CT molecular complexity index is 1630. The van der Waals surface area contributed by atoms with Gasteiger partial charge in [0.1, 0.15) is 24.6 Å². The van der Waals surface area contributed by atoms with Crippen LogP contribution in [0.3, 0.4) is 0 Å². The summed E-state index contributed by atoms with van der Waals surface area (Å²) in [6, 6.07) is 7.25. The van der Waals surface area contributed by atoms with Gasteiger partial charge in [-0.25, -0.2) is 23.5 Å². The molecule has 2 aromatic carbocycles. The number of nitrogens with zero attached hydrogens (tertiary/aromatic N) is 3. The molecule has 0 radical (unpaired) electrons. The number of hydrogen-bond donors (Lipinski definition) is 2. The fraction of sp³-hybridized carbons (Fsp3) is 0.357. The quantitative estimate of drug-likeness (QED) is 0.0707. The van der Waals surface area contributed by atoms with Crippen molar-refractivity contribution in [2.75, 3.05) is 30.0 Å². The molecule has 0 aliphatic carbocycles. The first-order valence-electron chi connectivity index (χ1n) is 13.0. The molecule has 0 aliphatic heterocycles. The van der Waals surface area contributed by atoms with E-state index in [4.69, 9.17) is 9.47 Å². The minimum absolute atomic E-state index is 0.00118. The van der Waals surface area contributed by atoms with Gasteiger partial charge in [-0.1, -0.05) is 18.2 Å². The molecule has 2 aromatic heterocycles. The SMILES string of the molecule is CCOCc1nc2c(NC(=O)OCCSCC(=O)Oc3c(F)c(F)cc(F)c3F)nc3ccccc3c2n1CC(C)(C)O. The van der Waals surface area contributed by atoms with Gasteiger partial charge in [-0.2, -0.15) is 8.78 Å². The zero-order valence-corrected chi connectivity index (χ0v) is 24.2. The van der Waals surface area contributed by atoms with Crippen molar-refractivity contribution in [1.29, 1.82) is 0 Å². The van der Waals surface area contributed by atoms with Crippen molar-refractivity contribution in [1.82, 2.24) is 14.5 Å². The Kier molecular flexibility index (Phi) is 10.1. The van der Waals surface area contributed by atoms with Gasteiger partial charge in [0, 0.05) is 23.8 Å². The van der Waals surface area contributed by atoms with Gasteiger partial charge in [-0.15, -0.1) is 11.8 Å². The number of ether oxygens (including phenoxy) is 3. The summed E-state index contributed by atoms with van der Waals surface area (Å²) >= 11 is 0.891. The molecule has 0 fully saturated rings. The second-order valence-electron chi connectivity index (χ2n) is 9.82. The van der Waals surface area contributed by atoms with Crippen LogP contribution in [-0.2, 0) is 27.4 Å². The molecule has 4 rings (SSSR count). The summed E-state index contributed by atoms with van der Waals surface area (Å²) in [6.45, 7) is 5.78. The van der Waals surface area contributed by atoms with E-state index in [1.54, 1.807) is 26.0 Å². The van der Waals surface area contributed by atoms with E-state index in [-0.39, 0.29) is 37.4 Å². The normalized spacial score (nSPS) is 11.7. The lowest BCUT2D eigenvalue weighted by atomic mass is 10.1. The van der Waals surface area contributed by atoms with Crippen LogP contribution in [0.5, 0.6) is 5.75 Å². The first-order valence-corrected chi connectivity index (χ1v) is 14.2. The van der Waals surface area contributed by atoms with Gasteiger partial charge in [0.15, 0.2) is 17.5 Å². The van der Waals surface area contributed by atoms with E-state index in [0.717, 1.165) is 17.1 Å². The van der Waals surface area contributed by atoms with Crippen molar-refractivity contribution in [3.8, 4) is 5.75 Å². The number of fused-ring (bicyclic) bond motifs is 3. The van der Waals surface area contributed by atoms with Crippen molar-refractivity contribution >= 4 is 51.6 Å². The summed E-state index contributed by atoms with van der Waals surface area (Å²) in [5, 5.41) is 13.9. The maximum absolute atomic E-state index is 13.7. The predicted octanol–water partition coefficient (Wildman–Crippen LogP) is 5.34. The number of pyridine rings is 1. The fourth-order valence-corrected chi connectivity index (χ4v) is 4.67. The third kappa shape index (κ3) is 7.72. The number of amides is 1. The minimum atomic E-state index is -1.83. The Labute approximate surface area is 247 Å². The van der Waals surface area contributed by atoms with Crippen LogP contribution in [0.25, 0.3) is 21.9 Å². The van der Waals surface area contributed by atoms with Gasteiger partial charge >= 0.3 is 12.1 Å². The number of benzene rings is 2. The number of nitrogens with one attached hydrogen (secondary N) is 1. The number of anilines is 1. The Morgan fingerprint density at radius 2 is 1.79 bits per heavy atom. The monoisotopic (exact) mass is 624 g/mol. The number of imidazole rings is 1. The van der Waals surface area contributed by atoms with E-state index >= 15 is 0 Å². The van der Waals surface area contributed by atoms with Crippen LogP contribution in [0.4, 0.5) is 28.2 Å². The van der Waals surface area contributed by atoms with Crippen LogP contribution in [0, 0.1) is 23.3 Å². The lowest BCUT2D eigenvalue weighted by molar-refractivity contribution is -0.131. The van der Waals surface area contributed by atoms with Gasteiger partial charge in [0.05, 0.1) is 28.9 Å². The molecule has 0 saturated heterocycles. The number of thioether (sulfide) groups is 1. The molecule has 0 atom stereocenters. The van der Waals surface area contributed by atoms with Crippen molar-refractivity contribution < 1.29 is 46.5 Å². The van der Waals surface area contributed by atoms with Crippen molar-refractivity contribution in [3.63, 3.8) is 0 Å². The van der Waals surface area contributed by atoms with Crippen molar-refractivity contribution in [2.24, 2.45) is 0 Å². The number of carbonyl (C=O) groups is 2. The van der Waals surface area contributed by atoms with E-state index in [1.165, 1.54) is 0 Å². The smallest absolute Gasteiger partial charge is 0.412 e. The number of esters is 1. The second-order valence-corrected chi connectivity index (χ2v) is 10.9. The lowest BCUT2D eigenvalue weighted by Gasteiger charge is -2.20. The molecular formula is C28H28F4N4O6S. The number of carbonyl (C=O) groups excluding carboxylic acids is 2. The zero-order chi connectivity index (χ0) is 31.3. The van der Waals surface area contributed by atoms with E-state index < -0.39 is 52.4 Å². The molecule has 10 nitrogen and oxygen atoms in total. The molecule has 0 saturated carbocycles. The molecule has 2 N–H and O–H groups in total. The van der Waals surface area contributed by atoms with Crippen LogP contribution >= 0.6 is 11.8 Å². The first kappa shape index (κ1) is 32.0. The Morgan fingerprint density at radius 3 is 2.47 bits per heavy atom. The van der Waals surface area contributed by atoms with E-state index in [2.05, 4.69) is 20.0 Å². The van der Waals surface area contributed by atoms with Crippen LogP contribution < -0.4 is 10.1 Å². The number of halogens is 4. The number of rotatable bonds is 12. The highest BCUT2D eigenvalue weighted by Crippen LogP contribution is 2.32. The third-order valence-corrected chi connectivity index (χ3v) is 6.73. The fourth-order valence-electron chi connectivity index (χ4n) is 4.10. The van der Waals surface area contributed by atoms with Gasteiger partial charge in [0.25, 0.3) is 0 Å². The largest absolute Gasteiger partial charge is 0.448 e. The second kappa shape index (κ2) is 13.6. The lowest BCUT2D eigenvalue weighted by Crippen LogP contribution is -2.27. The molecule has 0 unspecified atom stereocenters. The summed E-state index contributed by atoms with van der Waals surface area (Å²) < 4.78 is 71.0. The summed E-state index contributed by atoms with van der Waals surface area (Å²) in [6.07, 6.45) is -0.866. The highest BCUT2D eigenvalue weighted by molar-refractivity contribution is 7.99. The number of para-hydroxylation sites is 1. The van der Waals surface area contributed by atoms with Crippen LogP contribution in [0.15, 0.2) is 30.3 Å². The van der Waals surface area contributed by atoms with Gasteiger partial charge in [-0.3, -0.25) is 10.1 Å². The van der Waals surface area contributed by atoms with E-state index in [1.807, 2.05) is 23.6 Å². The standard InChI is InChI=1S/C28H28F4N4O6S/c1-4-40-12-19-34-23-24(36(19)14-28(2,3)39)15-7-5-6-8-18(15)33-26(23)35-27(38)41-9-10-43-13-20(37)42-25-21(31)16(29)11-17(30)22(25)32/h5-8,11,39H,4,9-10,12-14H2,1-3H3,(H,33,35,38). The molecule has 4 aromatic rings. The maximum Gasteiger partial charge on any atom is 0.412 e. The van der Waals surface area contributed by atoms with Gasteiger partial charge in [-0.05, 0) is 26.8 Å². The average Bonchev–Trinajstić information content (AvgIpc) is 3.30. The summed E-state index contributed by atoms with van der Waals surface area (Å²) in [5.41, 5.74) is 0.467. The topological polar surface area (TPSA) is 125 Å². The Balaban J connectivity index is 1.42. The Morgan fingerprint density at radius 1 is 1.09 bits per heavy atom. The Hall–Kier alpha value is -3.95. The summed E-state index contributed by atoms with van der Waals surface area (Å²) in [7, 11) is 0. The van der Waals surface area contributed by atoms with Crippen LogP contribution in [-0.4, -0.2) is 62.0 Å². The molecular weight excluding hydrogens is 596 g/mol. The molecule has 2 heterocycles. The number of aliphatic hydroxyl groups is 1. The molecule has 230 valence electrons. The summed E-state index contributed by atoms with van der Waals surface area (Å²) in [4.78, 5) is 33.7. The molecule has 0 aliphatic rings. The van der Waals surface area contributed by atoms with Gasteiger partial charge < -0.3 is 23.9 Å². The van der Waals surface area contributed by atoms with Gasteiger partial charge in [0.2, 0.25) is 17.4 Å². The zero-order valence-electron chi connectivity index (χ0n) is 23.4. The van der Waals surface area contributed by atoms with Crippen molar-refractivity contribution in [3.05, 3.63) is 59.4 Å². The molecule has 0 spiro atoms. The van der Waals surface area contributed by atoms with Crippen LogP contribution in [0.2, 0.25) is 0 Å². The van der Waals surface area contributed by atoms with Crippen LogP contribution in [0.1, 0.15) is 26.6 Å². The molecule has 1 amide bonds. The summed E-state index contributed by atoms with van der Waals surface area (Å²) in [5.74, 6) is -9.44. The third-order valence-electron chi connectivity index (χ3n) is 5.83.